The van der Waals surface area contributed by atoms with Crippen LogP contribution in [0.1, 0.15) is 35.1 Å². The van der Waals surface area contributed by atoms with Crippen molar-refractivity contribution in [3.63, 3.8) is 0 Å². The first-order valence-corrected chi connectivity index (χ1v) is 9.31. The van der Waals surface area contributed by atoms with Gasteiger partial charge in [-0.15, -0.1) is 0 Å². The summed E-state index contributed by atoms with van der Waals surface area (Å²) in [7, 11) is 1.72. The van der Waals surface area contributed by atoms with Gasteiger partial charge in [0.2, 0.25) is 5.91 Å². The molecule has 8 nitrogen and oxygen atoms in total. The summed E-state index contributed by atoms with van der Waals surface area (Å²) in [4.78, 5) is 30.3. The molecule has 0 spiro atoms. The van der Waals surface area contributed by atoms with Crippen molar-refractivity contribution in [1.29, 1.82) is 0 Å². The predicted molar refractivity (Wildman–Crippen MR) is 101 cm³/mol. The summed E-state index contributed by atoms with van der Waals surface area (Å²) in [5, 5.41) is 10.4. The fraction of sp³-hybridized carbons (Fsp3) is 0.474. The largest absolute Gasteiger partial charge is 0.344 e. The second-order valence-electron chi connectivity index (χ2n) is 6.75. The summed E-state index contributed by atoms with van der Waals surface area (Å²) in [5.41, 5.74) is 1.27. The van der Waals surface area contributed by atoms with Crippen LogP contribution in [0.25, 0.3) is 0 Å². The number of hydrogen-bond acceptors (Lipinski definition) is 5. The van der Waals surface area contributed by atoms with E-state index in [1.165, 1.54) is 0 Å². The van der Waals surface area contributed by atoms with Gasteiger partial charge >= 0.3 is 0 Å². The minimum atomic E-state index is -0.330. The molecule has 27 heavy (non-hydrogen) atoms. The zero-order valence-electron chi connectivity index (χ0n) is 15.6. The molecule has 0 aliphatic carbocycles. The standard InChI is InChI=1S/C19H26N6O2/c1-24(11-7-15-5-2-3-10-21-15)18(26)14-22-19(27)17-8-12-25(23-17)16-6-4-9-20-13-16/h2-3,5,8,10,12,16,20H,4,6-7,9,11,13-14H2,1H3,(H,22,27). The van der Waals surface area contributed by atoms with Gasteiger partial charge in [-0.25, -0.2) is 0 Å². The summed E-state index contributed by atoms with van der Waals surface area (Å²) in [5.74, 6) is -0.473. The van der Waals surface area contributed by atoms with Crippen LogP contribution in [0.2, 0.25) is 0 Å². The Morgan fingerprint density at radius 1 is 1.37 bits per heavy atom. The highest BCUT2D eigenvalue weighted by Gasteiger charge is 2.18. The second kappa shape index (κ2) is 9.27. The fourth-order valence-corrected chi connectivity index (χ4v) is 3.06. The number of likely N-dealkylation sites (N-methyl/N-ethyl adjacent to an activating group) is 1. The molecule has 1 saturated heterocycles. The van der Waals surface area contributed by atoms with Gasteiger partial charge in [0, 0.05) is 44.6 Å². The number of nitrogens with one attached hydrogen (secondary N) is 2. The molecular weight excluding hydrogens is 344 g/mol. The number of carbonyl (C=O) groups is 2. The summed E-state index contributed by atoms with van der Waals surface area (Å²) < 4.78 is 1.84. The fourth-order valence-electron chi connectivity index (χ4n) is 3.06. The van der Waals surface area contributed by atoms with Crippen LogP contribution < -0.4 is 10.6 Å². The van der Waals surface area contributed by atoms with E-state index in [4.69, 9.17) is 0 Å². The minimum absolute atomic E-state index is 0.0462. The third kappa shape index (κ3) is 5.37. The molecule has 2 N–H and O–H groups in total. The van der Waals surface area contributed by atoms with Gasteiger partial charge in [-0.2, -0.15) is 5.10 Å². The van der Waals surface area contributed by atoms with Crippen molar-refractivity contribution in [2.45, 2.75) is 25.3 Å². The van der Waals surface area contributed by atoms with Gasteiger partial charge in [0.05, 0.1) is 12.6 Å². The van der Waals surface area contributed by atoms with E-state index < -0.39 is 0 Å². The summed E-state index contributed by atoms with van der Waals surface area (Å²) in [6.07, 6.45) is 6.39. The first-order chi connectivity index (χ1) is 13.1. The smallest absolute Gasteiger partial charge is 0.272 e. The van der Waals surface area contributed by atoms with Crippen molar-refractivity contribution in [2.75, 3.05) is 33.2 Å². The lowest BCUT2D eigenvalue weighted by Crippen LogP contribution is -2.39. The van der Waals surface area contributed by atoms with Crippen molar-refractivity contribution in [3.05, 3.63) is 48.0 Å². The van der Waals surface area contributed by atoms with Crippen LogP contribution in [-0.2, 0) is 11.2 Å². The van der Waals surface area contributed by atoms with E-state index in [0.29, 0.717) is 18.7 Å². The normalized spacial score (nSPS) is 16.7. The monoisotopic (exact) mass is 370 g/mol. The van der Waals surface area contributed by atoms with Gasteiger partial charge in [-0.3, -0.25) is 19.3 Å². The maximum Gasteiger partial charge on any atom is 0.272 e. The molecule has 3 rings (SSSR count). The van der Waals surface area contributed by atoms with Crippen LogP contribution in [0.4, 0.5) is 0 Å². The van der Waals surface area contributed by atoms with Crippen LogP contribution in [0.5, 0.6) is 0 Å². The maximum atomic E-state index is 12.3. The molecule has 1 atom stereocenters. The number of carbonyl (C=O) groups excluding carboxylic acids is 2. The van der Waals surface area contributed by atoms with Gasteiger partial charge < -0.3 is 15.5 Å². The van der Waals surface area contributed by atoms with Crippen LogP contribution in [0, 0.1) is 0 Å². The Morgan fingerprint density at radius 3 is 3.00 bits per heavy atom. The lowest BCUT2D eigenvalue weighted by atomic mass is 10.1. The summed E-state index contributed by atoms with van der Waals surface area (Å²) in [6, 6.07) is 7.68. The first-order valence-electron chi connectivity index (χ1n) is 9.31. The number of pyridine rings is 1. The Labute approximate surface area is 159 Å². The number of piperidine rings is 1. The highest BCUT2D eigenvalue weighted by molar-refractivity contribution is 5.94. The molecule has 1 fully saturated rings. The van der Waals surface area contributed by atoms with Gasteiger partial charge in [-0.1, -0.05) is 6.07 Å². The van der Waals surface area contributed by atoms with Gasteiger partial charge in [0.25, 0.3) is 5.91 Å². The quantitative estimate of drug-likeness (QED) is 0.746. The summed E-state index contributed by atoms with van der Waals surface area (Å²) >= 11 is 0. The van der Waals surface area contributed by atoms with E-state index in [1.807, 2.05) is 29.1 Å². The Morgan fingerprint density at radius 2 is 2.26 bits per heavy atom. The average Bonchev–Trinajstić information content (AvgIpc) is 3.22. The molecule has 0 saturated carbocycles. The lowest BCUT2D eigenvalue weighted by molar-refractivity contribution is -0.128. The number of hydrogen-bond donors (Lipinski definition) is 2. The van der Waals surface area contributed by atoms with Gasteiger partial charge in [-0.05, 0) is 37.6 Å². The van der Waals surface area contributed by atoms with Crippen LogP contribution in [-0.4, -0.2) is 64.7 Å². The molecule has 1 aliphatic rings. The Bertz CT molecular complexity index is 755. The van der Waals surface area contributed by atoms with Crippen molar-refractivity contribution in [1.82, 2.24) is 30.3 Å². The van der Waals surface area contributed by atoms with Crippen LogP contribution in [0.15, 0.2) is 36.7 Å². The third-order valence-corrected chi connectivity index (χ3v) is 4.74. The lowest BCUT2D eigenvalue weighted by Gasteiger charge is -2.22. The second-order valence-corrected chi connectivity index (χ2v) is 6.75. The van der Waals surface area contributed by atoms with E-state index in [9.17, 15) is 9.59 Å². The molecule has 1 aliphatic heterocycles. The number of amides is 2. The van der Waals surface area contributed by atoms with Crippen LogP contribution >= 0.6 is 0 Å². The molecule has 8 heteroatoms. The first kappa shape index (κ1) is 19.0. The number of nitrogens with zero attached hydrogens (tertiary/aromatic N) is 4. The molecule has 2 aromatic heterocycles. The molecule has 2 amide bonds. The Hall–Kier alpha value is -2.74. The number of aromatic nitrogens is 3. The van der Waals surface area contributed by atoms with Crippen LogP contribution in [0.3, 0.4) is 0 Å². The zero-order chi connectivity index (χ0) is 19.1. The Balaban J connectivity index is 1.44. The molecule has 144 valence electrons. The highest BCUT2D eigenvalue weighted by atomic mass is 16.2. The topological polar surface area (TPSA) is 92.2 Å². The van der Waals surface area contributed by atoms with Gasteiger partial charge in [0.1, 0.15) is 5.69 Å². The third-order valence-electron chi connectivity index (χ3n) is 4.74. The van der Waals surface area contributed by atoms with Gasteiger partial charge in [0.15, 0.2) is 0 Å². The molecule has 0 radical (unpaired) electrons. The van der Waals surface area contributed by atoms with Crippen molar-refractivity contribution >= 4 is 11.8 Å². The SMILES string of the molecule is CN(CCc1ccccn1)C(=O)CNC(=O)c1ccn(C2CCCNC2)n1. The molecular formula is C19H26N6O2. The van der Waals surface area contributed by atoms with Crippen molar-refractivity contribution < 1.29 is 9.59 Å². The van der Waals surface area contributed by atoms with Crippen molar-refractivity contribution in [3.8, 4) is 0 Å². The van der Waals surface area contributed by atoms with Crippen molar-refractivity contribution in [2.24, 2.45) is 0 Å². The van der Waals surface area contributed by atoms with E-state index in [1.54, 1.807) is 24.2 Å². The summed E-state index contributed by atoms with van der Waals surface area (Å²) in [6.45, 7) is 2.40. The number of rotatable bonds is 7. The van der Waals surface area contributed by atoms with E-state index in [0.717, 1.165) is 31.6 Å². The highest BCUT2D eigenvalue weighted by Crippen LogP contribution is 2.15. The molecule has 2 aromatic rings. The predicted octanol–water partition coefficient (Wildman–Crippen LogP) is 0.634. The molecule has 3 heterocycles. The average molecular weight is 370 g/mol. The molecule has 0 aromatic carbocycles. The minimum Gasteiger partial charge on any atom is -0.344 e. The van der Waals surface area contributed by atoms with E-state index in [2.05, 4.69) is 20.7 Å². The zero-order valence-corrected chi connectivity index (χ0v) is 15.6. The molecule has 1 unspecified atom stereocenters. The van der Waals surface area contributed by atoms with E-state index in [-0.39, 0.29) is 24.4 Å². The van der Waals surface area contributed by atoms with E-state index >= 15 is 0 Å². The maximum absolute atomic E-state index is 12.3. The Kier molecular flexibility index (Phi) is 6.54. The molecule has 0 bridgehead atoms.